The zero-order chi connectivity index (χ0) is 9.68. The van der Waals surface area contributed by atoms with Crippen molar-refractivity contribution in [2.45, 2.75) is 26.2 Å². The molecule has 0 amide bonds. The van der Waals surface area contributed by atoms with Crippen LogP contribution in [0.1, 0.15) is 36.7 Å². The third-order valence-electron chi connectivity index (χ3n) is 1.78. The number of nitrogens with zero attached hydrogens (tertiary/aromatic N) is 1. The lowest BCUT2D eigenvalue weighted by Crippen LogP contribution is -2.02. The van der Waals surface area contributed by atoms with E-state index in [1.54, 1.807) is 12.3 Å². The maximum Gasteiger partial charge on any atom is 0.182 e. The largest absolute Gasteiger partial charge is 0.292 e. The van der Waals surface area contributed by atoms with Crippen molar-refractivity contribution in [2.24, 2.45) is 0 Å². The number of carbonyl (C=O) groups is 1. The molecule has 0 fully saturated rings. The number of rotatable bonds is 4. The van der Waals surface area contributed by atoms with E-state index in [1.165, 1.54) is 0 Å². The highest BCUT2D eigenvalue weighted by Crippen LogP contribution is 2.15. The summed E-state index contributed by atoms with van der Waals surface area (Å²) in [5.41, 5.74) is 0.552. The fourth-order valence-corrected chi connectivity index (χ4v) is 1.52. The van der Waals surface area contributed by atoms with E-state index in [-0.39, 0.29) is 5.78 Å². The molecule has 0 aromatic carbocycles. The Morgan fingerprint density at radius 1 is 1.62 bits per heavy atom. The van der Waals surface area contributed by atoms with Gasteiger partial charge in [0.2, 0.25) is 0 Å². The summed E-state index contributed by atoms with van der Waals surface area (Å²) < 4.78 is 0.788. The summed E-state index contributed by atoms with van der Waals surface area (Å²) >= 11 is 3.31. The van der Waals surface area contributed by atoms with Crippen molar-refractivity contribution < 1.29 is 4.79 Å². The number of hydrogen-bond acceptors (Lipinski definition) is 2. The molecule has 0 unspecified atom stereocenters. The first kappa shape index (κ1) is 10.4. The Balaban J connectivity index is 2.71. The average Bonchev–Trinajstić information content (AvgIpc) is 2.15. The summed E-state index contributed by atoms with van der Waals surface area (Å²) in [5, 5.41) is 0. The molecule has 0 saturated carbocycles. The van der Waals surface area contributed by atoms with Crippen LogP contribution in [-0.4, -0.2) is 10.8 Å². The minimum Gasteiger partial charge on any atom is -0.292 e. The summed E-state index contributed by atoms with van der Waals surface area (Å²) in [5.74, 6) is 0.120. The lowest BCUT2D eigenvalue weighted by molar-refractivity contribution is 0.0974. The molecular formula is C10H12BrNO. The summed E-state index contributed by atoms with van der Waals surface area (Å²) in [6, 6.07) is 3.65. The van der Waals surface area contributed by atoms with E-state index in [9.17, 15) is 4.79 Å². The monoisotopic (exact) mass is 241 g/mol. The van der Waals surface area contributed by atoms with Crippen LogP contribution in [0.15, 0.2) is 22.8 Å². The van der Waals surface area contributed by atoms with E-state index in [4.69, 9.17) is 0 Å². The Bertz CT molecular complexity index is 299. The second-order valence-electron chi connectivity index (χ2n) is 2.86. The normalized spacial score (nSPS) is 10.0. The van der Waals surface area contributed by atoms with Crippen LogP contribution in [0, 0.1) is 0 Å². The lowest BCUT2D eigenvalue weighted by Gasteiger charge is -2.00. The van der Waals surface area contributed by atoms with Gasteiger partial charge in [0.05, 0.1) is 0 Å². The van der Waals surface area contributed by atoms with Crippen LogP contribution in [0.4, 0.5) is 0 Å². The standard InChI is InChI=1S/C10H12BrNO/c1-2-3-6-9(13)10-8(11)5-4-7-12-10/h4-5,7H,2-3,6H2,1H3. The molecule has 0 N–H and O–H groups in total. The quantitative estimate of drug-likeness (QED) is 0.758. The van der Waals surface area contributed by atoms with Crippen LogP contribution in [0.5, 0.6) is 0 Å². The zero-order valence-corrected chi connectivity index (χ0v) is 9.17. The highest BCUT2D eigenvalue weighted by molar-refractivity contribution is 9.10. The van der Waals surface area contributed by atoms with Gasteiger partial charge >= 0.3 is 0 Å². The number of pyridine rings is 1. The van der Waals surface area contributed by atoms with Crippen molar-refractivity contribution >= 4 is 21.7 Å². The van der Waals surface area contributed by atoms with Gasteiger partial charge < -0.3 is 0 Å². The summed E-state index contributed by atoms with van der Waals surface area (Å²) in [7, 11) is 0. The number of unbranched alkanes of at least 4 members (excludes halogenated alkanes) is 1. The minimum atomic E-state index is 0.120. The molecular weight excluding hydrogens is 230 g/mol. The van der Waals surface area contributed by atoms with Gasteiger partial charge in [-0.05, 0) is 34.5 Å². The Labute approximate surface area is 86.5 Å². The van der Waals surface area contributed by atoms with E-state index in [0.29, 0.717) is 12.1 Å². The van der Waals surface area contributed by atoms with Crippen molar-refractivity contribution in [3.63, 3.8) is 0 Å². The van der Waals surface area contributed by atoms with E-state index >= 15 is 0 Å². The molecule has 1 rings (SSSR count). The topological polar surface area (TPSA) is 30.0 Å². The molecule has 0 spiro atoms. The molecule has 0 aliphatic carbocycles. The van der Waals surface area contributed by atoms with Gasteiger partial charge in [-0.2, -0.15) is 0 Å². The molecule has 13 heavy (non-hydrogen) atoms. The van der Waals surface area contributed by atoms with Crippen LogP contribution < -0.4 is 0 Å². The first-order valence-electron chi connectivity index (χ1n) is 4.39. The van der Waals surface area contributed by atoms with Gasteiger partial charge in [0.25, 0.3) is 0 Å². The molecule has 3 heteroatoms. The number of hydrogen-bond donors (Lipinski definition) is 0. The SMILES string of the molecule is CCCCC(=O)c1ncccc1Br. The third-order valence-corrected chi connectivity index (χ3v) is 2.42. The smallest absolute Gasteiger partial charge is 0.182 e. The predicted octanol–water partition coefficient (Wildman–Crippen LogP) is 3.22. The molecule has 1 aromatic heterocycles. The van der Waals surface area contributed by atoms with Crippen molar-refractivity contribution in [1.29, 1.82) is 0 Å². The lowest BCUT2D eigenvalue weighted by atomic mass is 10.1. The van der Waals surface area contributed by atoms with Gasteiger partial charge in [-0.1, -0.05) is 13.3 Å². The summed E-state index contributed by atoms with van der Waals surface area (Å²) in [6.45, 7) is 2.07. The predicted molar refractivity (Wildman–Crippen MR) is 55.8 cm³/mol. The number of halogens is 1. The van der Waals surface area contributed by atoms with Gasteiger partial charge in [-0.3, -0.25) is 9.78 Å². The first-order chi connectivity index (χ1) is 6.25. The van der Waals surface area contributed by atoms with Crippen molar-refractivity contribution in [3.8, 4) is 0 Å². The van der Waals surface area contributed by atoms with Crippen molar-refractivity contribution in [3.05, 3.63) is 28.5 Å². The van der Waals surface area contributed by atoms with Crippen molar-refractivity contribution in [1.82, 2.24) is 4.98 Å². The van der Waals surface area contributed by atoms with Crippen LogP contribution in [0.25, 0.3) is 0 Å². The Morgan fingerprint density at radius 3 is 3.00 bits per heavy atom. The maximum absolute atomic E-state index is 11.5. The van der Waals surface area contributed by atoms with Crippen LogP contribution in [-0.2, 0) is 0 Å². The van der Waals surface area contributed by atoms with Crippen LogP contribution in [0.2, 0.25) is 0 Å². The van der Waals surface area contributed by atoms with Crippen LogP contribution in [0.3, 0.4) is 0 Å². The average molecular weight is 242 g/mol. The fraction of sp³-hybridized carbons (Fsp3) is 0.400. The van der Waals surface area contributed by atoms with Gasteiger partial charge in [0.15, 0.2) is 5.78 Å². The van der Waals surface area contributed by atoms with E-state index in [0.717, 1.165) is 17.3 Å². The van der Waals surface area contributed by atoms with Gasteiger partial charge in [-0.15, -0.1) is 0 Å². The van der Waals surface area contributed by atoms with Crippen LogP contribution >= 0.6 is 15.9 Å². The number of aromatic nitrogens is 1. The number of ketones is 1. The molecule has 1 aromatic rings. The molecule has 0 radical (unpaired) electrons. The van der Waals surface area contributed by atoms with Gasteiger partial charge in [0.1, 0.15) is 5.69 Å². The Morgan fingerprint density at radius 2 is 2.38 bits per heavy atom. The molecule has 0 aliphatic rings. The highest BCUT2D eigenvalue weighted by atomic mass is 79.9. The molecule has 0 bridgehead atoms. The van der Waals surface area contributed by atoms with Gasteiger partial charge in [-0.25, -0.2) is 0 Å². The third kappa shape index (κ3) is 2.92. The molecule has 2 nitrogen and oxygen atoms in total. The Hall–Kier alpha value is -0.700. The van der Waals surface area contributed by atoms with E-state index in [1.807, 2.05) is 6.07 Å². The molecule has 1 heterocycles. The highest BCUT2D eigenvalue weighted by Gasteiger charge is 2.09. The second kappa shape index (κ2) is 5.12. The second-order valence-corrected chi connectivity index (χ2v) is 3.71. The molecule has 0 saturated heterocycles. The summed E-state index contributed by atoms with van der Waals surface area (Å²) in [6.07, 6.45) is 4.20. The molecule has 0 aliphatic heterocycles. The Kier molecular flexibility index (Phi) is 4.09. The fourth-order valence-electron chi connectivity index (χ4n) is 1.05. The summed E-state index contributed by atoms with van der Waals surface area (Å²) in [4.78, 5) is 15.6. The van der Waals surface area contributed by atoms with Crippen molar-refractivity contribution in [2.75, 3.05) is 0 Å². The first-order valence-corrected chi connectivity index (χ1v) is 5.18. The number of Topliss-reactive ketones (excluding diaryl/α,β-unsaturated/α-hetero) is 1. The van der Waals surface area contributed by atoms with Gasteiger partial charge in [0, 0.05) is 17.1 Å². The number of carbonyl (C=O) groups excluding carboxylic acids is 1. The van der Waals surface area contributed by atoms with E-state index in [2.05, 4.69) is 27.8 Å². The molecule has 70 valence electrons. The minimum absolute atomic E-state index is 0.120. The zero-order valence-electron chi connectivity index (χ0n) is 7.59. The molecule has 0 atom stereocenters. The maximum atomic E-state index is 11.5. The van der Waals surface area contributed by atoms with E-state index < -0.39 is 0 Å².